The quantitative estimate of drug-likeness (QED) is 0.265. The molecule has 15 heavy (non-hydrogen) atoms. The Balaban J connectivity index is 4.03. The number of nitrogens with zero attached hydrogens (tertiary/aromatic N) is 3. The van der Waals surface area contributed by atoms with Crippen molar-refractivity contribution in [3.8, 4) is 12.1 Å². The van der Waals surface area contributed by atoms with Crippen LogP contribution in [0.4, 0.5) is 0 Å². The Labute approximate surface area is 89.2 Å². The maximum atomic E-state index is 10.9. The van der Waals surface area contributed by atoms with Crippen molar-refractivity contribution in [3.63, 3.8) is 0 Å². The van der Waals surface area contributed by atoms with Crippen LogP contribution in [0.15, 0.2) is 0 Å². The highest BCUT2D eigenvalue weighted by Crippen LogP contribution is 2.05. The molecule has 0 radical (unpaired) electrons. The zero-order valence-corrected chi connectivity index (χ0v) is 8.73. The molecule has 6 heteroatoms. The molecule has 1 atom stereocenters. The molecular weight excluding hydrogens is 194 g/mol. The topological polar surface area (TPSA) is 106 Å². The van der Waals surface area contributed by atoms with Gasteiger partial charge in [-0.05, 0) is 13.3 Å². The Morgan fingerprint density at radius 1 is 1.47 bits per heavy atom. The number of amides is 1. The molecule has 0 saturated heterocycles. The fourth-order valence-electron chi connectivity index (χ4n) is 1.14. The van der Waals surface area contributed by atoms with E-state index in [9.17, 15) is 4.79 Å². The summed E-state index contributed by atoms with van der Waals surface area (Å²) in [5, 5.41) is 17.1. The highest BCUT2D eigenvalue weighted by molar-refractivity contribution is 5.75. The van der Waals surface area contributed by atoms with Gasteiger partial charge in [0.1, 0.15) is 0 Å². The van der Waals surface area contributed by atoms with Crippen molar-refractivity contribution in [2.75, 3.05) is 13.1 Å². The van der Waals surface area contributed by atoms with Crippen molar-refractivity contribution >= 4 is 5.91 Å². The number of nitrogens with two attached hydrogens (primary N) is 1. The van der Waals surface area contributed by atoms with E-state index in [0.29, 0.717) is 12.8 Å². The van der Waals surface area contributed by atoms with Gasteiger partial charge < -0.3 is 0 Å². The molecule has 0 saturated carbocycles. The van der Waals surface area contributed by atoms with Crippen molar-refractivity contribution < 1.29 is 4.79 Å². The molecule has 0 heterocycles. The van der Waals surface area contributed by atoms with Crippen LogP contribution in [0, 0.1) is 22.7 Å². The number of carbonyl (C=O) groups excluding carboxylic acids is 1. The molecule has 1 unspecified atom stereocenters. The van der Waals surface area contributed by atoms with Crippen molar-refractivity contribution in [3.05, 3.63) is 0 Å². The molecule has 0 aromatic carbocycles. The molecule has 0 aromatic heterocycles. The molecule has 0 aliphatic rings. The third-order valence-electron chi connectivity index (χ3n) is 2.12. The van der Waals surface area contributed by atoms with Crippen LogP contribution in [0.5, 0.6) is 0 Å². The van der Waals surface area contributed by atoms with Gasteiger partial charge in [0.05, 0.1) is 25.2 Å². The largest absolute Gasteiger partial charge is 0.294 e. The first-order valence-electron chi connectivity index (χ1n) is 4.63. The fourth-order valence-corrected chi connectivity index (χ4v) is 1.14. The lowest BCUT2D eigenvalue weighted by Gasteiger charge is -2.23. The van der Waals surface area contributed by atoms with Crippen molar-refractivity contribution in [2.45, 2.75) is 25.8 Å². The highest BCUT2D eigenvalue weighted by atomic mass is 16.2. The van der Waals surface area contributed by atoms with Gasteiger partial charge in [0.25, 0.3) is 0 Å². The zero-order valence-electron chi connectivity index (χ0n) is 8.73. The van der Waals surface area contributed by atoms with Gasteiger partial charge in [-0.2, -0.15) is 10.5 Å². The normalized spacial score (nSPS) is 11.5. The predicted molar refractivity (Wildman–Crippen MR) is 53.8 cm³/mol. The number of hydrazine groups is 1. The Kier molecular flexibility index (Phi) is 6.90. The second kappa shape index (κ2) is 7.74. The molecule has 0 fully saturated rings. The van der Waals surface area contributed by atoms with Crippen molar-refractivity contribution in [2.24, 2.45) is 5.84 Å². The smallest absolute Gasteiger partial charge is 0.233 e. The molecule has 1 amide bonds. The van der Waals surface area contributed by atoms with E-state index in [1.165, 1.54) is 0 Å². The number of nitrogens with one attached hydrogen (secondary N) is 1. The first-order valence-corrected chi connectivity index (χ1v) is 4.63. The van der Waals surface area contributed by atoms with Crippen LogP contribution in [-0.2, 0) is 4.79 Å². The van der Waals surface area contributed by atoms with Gasteiger partial charge in [-0.3, -0.25) is 15.1 Å². The molecule has 3 N–H and O–H groups in total. The average Bonchev–Trinajstić information content (AvgIpc) is 2.25. The highest BCUT2D eigenvalue weighted by Gasteiger charge is 2.14. The van der Waals surface area contributed by atoms with Crippen LogP contribution >= 0.6 is 0 Å². The summed E-state index contributed by atoms with van der Waals surface area (Å²) in [7, 11) is 0. The van der Waals surface area contributed by atoms with Crippen molar-refractivity contribution in [1.29, 1.82) is 10.5 Å². The first kappa shape index (κ1) is 13.4. The van der Waals surface area contributed by atoms with E-state index in [2.05, 4.69) is 0 Å². The van der Waals surface area contributed by atoms with Crippen molar-refractivity contribution in [1.82, 2.24) is 10.3 Å². The summed E-state index contributed by atoms with van der Waals surface area (Å²) in [6.07, 6.45) is 0.872. The van der Waals surface area contributed by atoms with Gasteiger partial charge in [-0.25, -0.2) is 5.84 Å². The van der Waals surface area contributed by atoms with E-state index in [4.69, 9.17) is 16.4 Å². The molecule has 0 rings (SSSR count). The van der Waals surface area contributed by atoms with Crippen LogP contribution in [-0.4, -0.2) is 29.9 Å². The molecule has 0 aromatic rings. The molecular formula is C9H15N5O. The summed E-state index contributed by atoms with van der Waals surface area (Å²) in [5.41, 5.74) is 2.04. The fraction of sp³-hybridized carbons (Fsp3) is 0.667. The van der Waals surface area contributed by atoms with Gasteiger partial charge in [-0.1, -0.05) is 0 Å². The molecule has 0 aliphatic carbocycles. The van der Waals surface area contributed by atoms with Crippen LogP contribution in [0.3, 0.4) is 0 Å². The zero-order chi connectivity index (χ0) is 11.7. The van der Waals surface area contributed by atoms with E-state index in [0.717, 1.165) is 0 Å². The maximum absolute atomic E-state index is 10.9. The average molecular weight is 209 g/mol. The standard InChI is InChI=1S/C9H15N5O/c1-8(2-3-9(15)13-12)14(6-4-10)7-5-11/h8H,2-3,6-7,12H2,1H3,(H,13,15). The SMILES string of the molecule is CC(CCC(=O)NN)N(CC#N)CC#N. The summed E-state index contributed by atoms with van der Waals surface area (Å²) in [6, 6.07) is 3.98. The summed E-state index contributed by atoms with van der Waals surface area (Å²) < 4.78 is 0. The van der Waals surface area contributed by atoms with Gasteiger partial charge in [0, 0.05) is 12.5 Å². The summed E-state index contributed by atoms with van der Waals surface area (Å²) in [6.45, 7) is 2.26. The monoisotopic (exact) mass is 209 g/mol. The Morgan fingerprint density at radius 2 is 2.00 bits per heavy atom. The minimum atomic E-state index is -0.240. The molecule has 0 aliphatic heterocycles. The first-order chi connectivity index (χ1) is 7.15. The second-order valence-corrected chi connectivity index (χ2v) is 3.18. The number of hydrogen-bond acceptors (Lipinski definition) is 5. The number of nitriles is 2. The van der Waals surface area contributed by atoms with E-state index in [-0.39, 0.29) is 25.0 Å². The Hall–Kier alpha value is -1.63. The minimum absolute atomic E-state index is 0.0154. The Morgan fingerprint density at radius 3 is 2.40 bits per heavy atom. The summed E-state index contributed by atoms with van der Waals surface area (Å²) >= 11 is 0. The molecule has 0 spiro atoms. The third-order valence-corrected chi connectivity index (χ3v) is 2.12. The van der Waals surface area contributed by atoms with Crippen LogP contribution in [0.1, 0.15) is 19.8 Å². The number of carbonyl (C=O) groups is 1. The molecule has 6 nitrogen and oxygen atoms in total. The molecule has 82 valence electrons. The third kappa shape index (κ3) is 5.63. The van der Waals surface area contributed by atoms with E-state index in [1.807, 2.05) is 24.5 Å². The lowest BCUT2D eigenvalue weighted by molar-refractivity contribution is -0.121. The van der Waals surface area contributed by atoms with E-state index in [1.54, 1.807) is 4.90 Å². The lowest BCUT2D eigenvalue weighted by atomic mass is 10.1. The van der Waals surface area contributed by atoms with Gasteiger partial charge in [0.2, 0.25) is 5.91 Å². The Bertz CT molecular complexity index is 261. The van der Waals surface area contributed by atoms with Gasteiger partial charge >= 0.3 is 0 Å². The number of rotatable bonds is 6. The maximum Gasteiger partial charge on any atom is 0.233 e. The minimum Gasteiger partial charge on any atom is -0.294 e. The predicted octanol–water partition coefficient (Wildman–Crippen LogP) is -0.506. The summed E-state index contributed by atoms with van der Waals surface area (Å²) in [4.78, 5) is 12.6. The van der Waals surface area contributed by atoms with Gasteiger partial charge in [0.15, 0.2) is 0 Å². The lowest BCUT2D eigenvalue weighted by Crippen LogP contribution is -2.36. The van der Waals surface area contributed by atoms with Crippen LogP contribution in [0.2, 0.25) is 0 Å². The molecule has 0 bridgehead atoms. The van der Waals surface area contributed by atoms with E-state index < -0.39 is 0 Å². The summed E-state index contributed by atoms with van der Waals surface area (Å²) in [5.74, 6) is 4.69. The van der Waals surface area contributed by atoms with Gasteiger partial charge in [-0.15, -0.1) is 0 Å². The van der Waals surface area contributed by atoms with Crippen LogP contribution in [0.25, 0.3) is 0 Å². The van der Waals surface area contributed by atoms with E-state index >= 15 is 0 Å². The number of hydrogen-bond donors (Lipinski definition) is 2. The second-order valence-electron chi connectivity index (χ2n) is 3.18. The van der Waals surface area contributed by atoms with Crippen LogP contribution < -0.4 is 11.3 Å².